The van der Waals surface area contributed by atoms with Crippen LogP contribution in [0.15, 0.2) is 35.2 Å². The van der Waals surface area contributed by atoms with Crippen LogP contribution in [-0.2, 0) is 15.3 Å². The van der Waals surface area contributed by atoms with Gasteiger partial charge in [-0.1, -0.05) is 18.2 Å². The molecule has 72 valence electrons. The quantitative estimate of drug-likeness (QED) is 0.730. The van der Waals surface area contributed by atoms with Gasteiger partial charge in [0, 0.05) is 0 Å². The molecule has 0 spiro atoms. The summed E-state index contributed by atoms with van der Waals surface area (Å²) in [6.45, 7) is 5.65. The van der Waals surface area contributed by atoms with Crippen molar-refractivity contribution in [1.82, 2.24) is 0 Å². The minimum absolute atomic E-state index is 0.374. The molecule has 0 radical (unpaired) electrons. The summed E-state index contributed by atoms with van der Waals surface area (Å²) in [7, 11) is 0. The van der Waals surface area contributed by atoms with E-state index >= 15 is 0 Å². The fourth-order valence-electron chi connectivity index (χ4n) is 0.807. The van der Waals surface area contributed by atoms with E-state index < -0.39 is 11.1 Å². The van der Waals surface area contributed by atoms with Crippen LogP contribution in [0.25, 0.3) is 0 Å². The van der Waals surface area contributed by atoms with Crippen molar-refractivity contribution >= 4 is 11.1 Å². The first-order valence-corrected chi connectivity index (χ1v) is 5.23. The fraction of sp³-hybridized carbons (Fsp3) is 0.400. The summed E-state index contributed by atoms with van der Waals surface area (Å²) in [6.07, 6.45) is 0. The van der Waals surface area contributed by atoms with Crippen molar-refractivity contribution < 1.29 is 8.39 Å². The third kappa shape index (κ3) is 3.70. The zero-order valence-electron chi connectivity index (χ0n) is 8.11. The van der Waals surface area contributed by atoms with Gasteiger partial charge in [0.2, 0.25) is 0 Å². The molecule has 0 saturated carbocycles. The van der Waals surface area contributed by atoms with Crippen LogP contribution in [0.3, 0.4) is 0 Å². The monoisotopic (exact) mass is 198 g/mol. The largest absolute Gasteiger partial charge is 0.281 e. The molecule has 13 heavy (non-hydrogen) atoms. The van der Waals surface area contributed by atoms with Crippen LogP contribution < -0.4 is 0 Å². The lowest BCUT2D eigenvalue weighted by molar-refractivity contribution is 0.152. The Morgan fingerprint density at radius 3 is 2.15 bits per heavy atom. The Hall–Kier alpha value is -0.670. The van der Waals surface area contributed by atoms with E-state index in [1.807, 2.05) is 39.0 Å². The smallest absolute Gasteiger partial charge is 0.189 e. The van der Waals surface area contributed by atoms with Gasteiger partial charge in [-0.3, -0.25) is 4.18 Å². The van der Waals surface area contributed by atoms with E-state index in [9.17, 15) is 4.21 Å². The number of hydrogen-bond donors (Lipinski definition) is 0. The molecular formula is C10H14O2S. The Kier molecular flexibility index (Phi) is 3.22. The molecule has 0 fully saturated rings. The minimum atomic E-state index is -1.35. The molecule has 1 aromatic carbocycles. The predicted molar refractivity (Wildman–Crippen MR) is 53.7 cm³/mol. The summed E-state index contributed by atoms with van der Waals surface area (Å²) >= 11 is -1.35. The zero-order chi connectivity index (χ0) is 9.90. The zero-order valence-corrected chi connectivity index (χ0v) is 8.93. The molecule has 0 N–H and O–H groups in total. The maximum Gasteiger partial charge on any atom is 0.189 e. The van der Waals surface area contributed by atoms with Gasteiger partial charge >= 0.3 is 0 Å². The second-order valence-electron chi connectivity index (χ2n) is 3.74. The molecule has 0 heterocycles. The van der Waals surface area contributed by atoms with Crippen molar-refractivity contribution in [2.45, 2.75) is 31.3 Å². The van der Waals surface area contributed by atoms with E-state index in [4.69, 9.17) is 4.18 Å². The summed E-state index contributed by atoms with van der Waals surface area (Å²) in [5, 5.41) is 0. The SMILES string of the molecule is CC(C)(C)OS(=O)c1ccccc1. The van der Waals surface area contributed by atoms with Crippen molar-refractivity contribution in [3.8, 4) is 0 Å². The van der Waals surface area contributed by atoms with Crippen molar-refractivity contribution in [3.63, 3.8) is 0 Å². The Morgan fingerprint density at radius 2 is 1.69 bits per heavy atom. The van der Waals surface area contributed by atoms with Gasteiger partial charge in [-0.25, -0.2) is 4.21 Å². The second kappa shape index (κ2) is 4.03. The topological polar surface area (TPSA) is 26.3 Å². The Labute approximate surface area is 81.6 Å². The van der Waals surface area contributed by atoms with Crippen molar-refractivity contribution in [1.29, 1.82) is 0 Å². The second-order valence-corrected chi connectivity index (χ2v) is 4.85. The molecule has 0 aromatic heterocycles. The molecule has 0 bridgehead atoms. The highest BCUT2D eigenvalue weighted by molar-refractivity contribution is 7.80. The standard InChI is InChI=1S/C10H14O2S/c1-10(2,3)12-13(11)9-7-5-4-6-8-9/h4-8H,1-3H3. The molecule has 1 unspecified atom stereocenters. The third-order valence-corrected chi connectivity index (χ3v) is 2.57. The molecule has 2 nitrogen and oxygen atoms in total. The first-order valence-electron chi connectivity index (χ1n) is 4.15. The van der Waals surface area contributed by atoms with Gasteiger partial charge in [-0.15, -0.1) is 0 Å². The van der Waals surface area contributed by atoms with Gasteiger partial charge in [0.25, 0.3) is 0 Å². The fourth-order valence-corrected chi connectivity index (χ4v) is 1.74. The lowest BCUT2D eigenvalue weighted by atomic mass is 10.2. The molecule has 0 aliphatic heterocycles. The summed E-state index contributed by atoms with van der Waals surface area (Å²) < 4.78 is 16.8. The van der Waals surface area contributed by atoms with Crippen LogP contribution in [0.4, 0.5) is 0 Å². The van der Waals surface area contributed by atoms with E-state index in [2.05, 4.69) is 0 Å². The van der Waals surface area contributed by atoms with Crippen LogP contribution in [0.2, 0.25) is 0 Å². The van der Waals surface area contributed by atoms with Crippen molar-refractivity contribution in [2.24, 2.45) is 0 Å². The van der Waals surface area contributed by atoms with E-state index in [1.165, 1.54) is 0 Å². The first-order chi connectivity index (χ1) is 5.99. The average molecular weight is 198 g/mol. The van der Waals surface area contributed by atoms with Gasteiger partial charge in [0.15, 0.2) is 11.1 Å². The number of benzene rings is 1. The maximum absolute atomic E-state index is 11.5. The molecule has 3 heteroatoms. The summed E-state index contributed by atoms with van der Waals surface area (Å²) in [5.74, 6) is 0. The Morgan fingerprint density at radius 1 is 1.15 bits per heavy atom. The maximum atomic E-state index is 11.5. The van der Waals surface area contributed by atoms with Crippen LogP contribution in [0, 0.1) is 0 Å². The highest BCUT2D eigenvalue weighted by atomic mass is 32.2. The highest BCUT2D eigenvalue weighted by Gasteiger charge is 2.16. The summed E-state index contributed by atoms with van der Waals surface area (Å²) in [5.41, 5.74) is -0.374. The molecule has 1 rings (SSSR count). The normalized spacial score (nSPS) is 14.1. The molecule has 0 saturated heterocycles. The van der Waals surface area contributed by atoms with Gasteiger partial charge in [-0.2, -0.15) is 0 Å². The van der Waals surface area contributed by atoms with E-state index in [0.29, 0.717) is 4.90 Å². The molecular weight excluding hydrogens is 184 g/mol. The van der Waals surface area contributed by atoms with Gasteiger partial charge in [0.1, 0.15) is 0 Å². The van der Waals surface area contributed by atoms with Crippen LogP contribution in [-0.4, -0.2) is 9.81 Å². The van der Waals surface area contributed by atoms with Crippen molar-refractivity contribution in [2.75, 3.05) is 0 Å². The van der Waals surface area contributed by atoms with E-state index in [0.717, 1.165) is 0 Å². The van der Waals surface area contributed by atoms with Gasteiger partial charge in [0.05, 0.1) is 10.5 Å². The van der Waals surface area contributed by atoms with Crippen LogP contribution in [0.5, 0.6) is 0 Å². The van der Waals surface area contributed by atoms with Crippen molar-refractivity contribution in [3.05, 3.63) is 30.3 Å². The van der Waals surface area contributed by atoms with Gasteiger partial charge < -0.3 is 0 Å². The van der Waals surface area contributed by atoms with E-state index in [1.54, 1.807) is 12.1 Å². The number of rotatable bonds is 2. The minimum Gasteiger partial charge on any atom is -0.281 e. The van der Waals surface area contributed by atoms with Gasteiger partial charge in [-0.05, 0) is 32.9 Å². The number of hydrogen-bond acceptors (Lipinski definition) is 2. The highest BCUT2D eigenvalue weighted by Crippen LogP contribution is 2.15. The van der Waals surface area contributed by atoms with E-state index in [-0.39, 0.29) is 5.60 Å². The Balaban J connectivity index is 2.71. The van der Waals surface area contributed by atoms with Crippen LogP contribution >= 0.6 is 0 Å². The lowest BCUT2D eigenvalue weighted by Crippen LogP contribution is -2.20. The van der Waals surface area contributed by atoms with Crippen LogP contribution in [0.1, 0.15) is 20.8 Å². The molecule has 1 atom stereocenters. The first kappa shape index (κ1) is 10.4. The lowest BCUT2D eigenvalue weighted by Gasteiger charge is -2.17. The average Bonchev–Trinajstić information content (AvgIpc) is 2.03. The molecule has 0 amide bonds. The molecule has 0 aliphatic carbocycles. The third-order valence-electron chi connectivity index (χ3n) is 1.26. The summed E-state index contributed by atoms with van der Waals surface area (Å²) in [6, 6.07) is 9.17. The molecule has 0 aliphatic rings. The summed E-state index contributed by atoms with van der Waals surface area (Å²) in [4.78, 5) is 0.706. The Bertz CT molecular complexity index is 288. The predicted octanol–water partition coefficient (Wildman–Crippen LogP) is 2.52. The molecule has 1 aromatic rings.